The summed E-state index contributed by atoms with van der Waals surface area (Å²) in [5.41, 5.74) is 0.700. The molecule has 0 bridgehead atoms. The number of rotatable bonds is 5. The van der Waals surface area contributed by atoms with Crippen molar-refractivity contribution in [2.75, 3.05) is 13.1 Å². The fraction of sp³-hybridized carbons (Fsp3) is 0.429. The highest BCUT2D eigenvalue weighted by Gasteiger charge is 2.23. The fourth-order valence-electron chi connectivity index (χ4n) is 1.67. The predicted molar refractivity (Wildman–Crippen MR) is 69.3 cm³/mol. The van der Waals surface area contributed by atoms with Gasteiger partial charge in [0.15, 0.2) is 11.9 Å². The minimum atomic E-state index is -0.820. The van der Waals surface area contributed by atoms with Gasteiger partial charge in [-0.05, 0) is 20.8 Å². The first-order chi connectivity index (χ1) is 8.60. The second-order valence-electron chi connectivity index (χ2n) is 3.96. The van der Waals surface area contributed by atoms with Gasteiger partial charge >= 0.3 is 6.09 Å². The normalized spacial score (nSPS) is 11.7. The number of benzene rings is 1. The van der Waals surface area contributed by atoms with Crippen LogP contribution in [0.3, 0.4) is 0 Å². The van der Waals surface area contributed by atoms with Crippen LogP contribution in [0.15, 0.2) is 30.3 Å². The van der Waals surface area contributed by atoms with E-state index < -0.39 is 12.2 Å². The van der Waals surface area contributed by atoms with Gasteiger partial charge in [-0.25, -0.2) is 4.79 Å². The van der Waals surface area contributed by atoms with Crippen LogP contribution in [0.5, 0.6) is 0 Å². The van der Waals surface area contributed by atoms with E-state index >= 15 is 0 Å². The molecule has 1 amide bonds. The van der Waals surface area contributed by atoms with Crippen LogP contribution in [-0.2, 0) is 9.53 Å². The molecule has 0 aliphatic carbocycles. The molecule has 0 aliphatic rings. The van der Waals surface area contributed by atoms with Gasteiger partial charge in [0.2, 0.25) is 0 Å². The number of ether oxygens (including phenoxy) is 1. The van der Waals surface area contributed by atoms with Crippen molar-refractivity contribution in [3.05, 3.63) is 35.9 Å². The summed E-state index contributed by atoms with van der Waals surface area (Å²) >= 11 is 0. The zero-order chi connectivity index (χ0) is 13.5. The summed E-state index contributed by atoms with van der Waals surface area (Å²) in [7, 11) is 0. The molecule has 4 nitrogen and oxygen atoms in total. The zero-order valence-corrected chi connectivity index (χ0v) is 11.1. The Morgan fingerprint density at radius 1 is 1.17 bits per heavy atom. The monoisotopic (exact) mass is 249 g/mol. The van der Waals surface area contributed by atoms with Gasteiger partial charge in [0.05, 0.1) is 0 Å². The van der Waals surface area contributed by atoms with Crippen LogP contribution in [0.4, 0.5) is 4.79 Å². The van der Waals surface area contributed by atoms with Crippen LogP contribution in [0.2, 0.25) is 0 Å². The van der Waals surface area contributed by atoms with Gasteiger partial charge in [0, 0.05) is 18.7 Å². The van der Waals surface area contributed by atoms with Crippen LogP contribution < -0.4 is 0 Å². The molecule has 1 unspecified atom stereocenters. The van der Waals surface area contributed by atoms with Gasteiger partial charge in [-0.15, -0.1) is 0 Å². The van der Waals surface area contributed by atoms with E-state index in [1.807, 2.05) is 32.0 Å². The van der Waals surface area contributed by atoms with E-state index in [0.717, 1.165) is 0 Å². The summed E-state index contributed by atoms with van der Waals surface area (Å²) in [5, 5.41) is 0. The Balaban J connectivity index is 2.82. The molecule has 0 fully saturated rings. The van der Waals surface area contributed by atoms with Gasteiger partial charge < -0.3 is 9.64 Å². The molecule has 4 heteroatoms. The van der Waals surface area contributed by atoms with Crippen molar-refractivity contribution < 1.29 is 14.3 Å². The second kappa shape index (κ2) is 6.79. The lowest BCUT2D eigenvalue weighted by molar-refractivity contribution is -0.126. The van der Waals surface area contributed by atoms with E-state index in [9.17, 15) is 9.59 Å². The lowest BCUT2D eigenvalue weighted by atomic mass is 10.1. The number of ketones is 1. The average Bonchev–Trinajstić information content (AvgIpc) is 2.38. The molecular weight excluding hydrogens is 230 g/mol. The quantitative estimate of drug-likeness (QED) is 0.806. The Labute approximate surface area is 108 Å². The Kier molecular flexibility index (Phi) is 5.36. The first-order valence-electron chi connectivity index (χ1n) is 6.11. The second-order valence-corrected chi connectivity index (χ2v) is 3.96. The van der Waals surface area contributed by atoms with Crippen molar-refractivity contribution in [1.29, 1.82) is 0 Å². The molecule has 0 aromatic heterocycles. The van der Waals surface area contributed by atoms with Crippen LogP contribution in [0, 0.1) is 0 Å². The Hall–Kier alpha value is -1.84. The average molecular weight is 249 g/mol. The fourth-order valence-corrected chi connectivity index (χ4v) is 1.67. The van der Waals surface area contributed by atoms with Crippen LogP contribution in [0.1, 0.15) is 32.4 Å². The lowest BCUT2D eigenvalue weighted by Gasteiger charge is -2.22. The van der Waals surface area contributed by atoms with E-state index in [2.05, 4.69) is 0 Å². The van der Waals surface area contributed by atoms with E-state index in [4.69, 9.17) is 4.74 Å². The number of hydrogen-bond acceptors (Lipinski definition) is 3. The third-order valence-corrected chi connectivity index (χ3v) is 2.71. The Bertz CT molecular complexity index is 399. The maximum Gasteiger partial charge on any atom is 0.410 e. The van der Waals surface area contributed by atoms with E-state index in [1.165, 1.54) is 6.92 Å². The molecule has 0 saturated carbocycles. The maximum absolute atomic E-state index is 11.8. The lowest BCUT2D eigenvalue weighted by Crippen LogP contribution is -2.33. The smallest absolute Gasteiger partial charge is 0.410 e. The van der Waals surface area contributed by atoms with Gasteiger partial charge in [-0.2, -0.15) is 0 Å². The SMILES string of the molecule is CCN(CC)C(=O)OC(C(C)=O)c1ccccc1. The topological polar surface area (TPSA) is 46.6 Å². The van der Waals surface area contributed by atoms with Crippen molar-refractivity contribution in [3.63, 3.8) is 0 Å². The molecule has 0 radical (unpaired) electrons. The summed E-state index contributed by atoms with van der Waals surface area (Å²) in [6, 6.07) is 9.04. The van der Waals surface area contributed by atoms with E-state index in [-0.39, 0.29) is 5.78 Å². The number of Topliss-reactive ketones (excluding diaryl/α,β-unsaturated/α-hetero) is 1. The summed E-state index contributed by atoms with van der Waals surface area (Å²) in [6.07, 6.45) is -1.27. The minimum absolute atomic E-state index is 0.179. The van der Waals surface area contributed by atoms with E-state index in [1.54, 1.807) is 17.0 Å². The summed E-state index contributed by atoms with van der Waals surface area (Å²) in [6.45, 7) is 6.29. The molecule has 0 aliphatic heterocycles. The molecule has 98 valence electrons. The number of carbonyl (C=O) groups excluding carboxylic acids is 2. The number of amides is 1. The number of hydrogen-bond donors (Lipinski definition) is 0. The molecule has 1 atom stereocenters. The van der Waals surface area contributed by atoms with Crippen molar-refractivity contribution in [2.24, 2.45) is 0 Å². The molecule has 0 heterocycles. The highest BCUT2D eigenvalue weighted by Crippen LogP contribution is 2.19. The molecule has 0 spiro atoms. The maximum atomic E-state index is 11.8. The number of nitrogens with zero attached hydrogens (tertiary/aromatic N) is 1. The van der Waals surface area contributed by atoms with Crippen LogP contribution in [-0.4, -0.2) is 29.9 Å². The molecular formula is C14H19NO3. The van der Waals surface area contributed by atoms with Gasteiger partial charge in [-0.1, -0.05) is 30.3 Å². The molecule has 18 heavy (non-hydrogen) atoms. The molecule has 0 saturated heterocycles. The zero-order valence-electron chi connectivity index (χ0n) is 11.1. The van der Waals surface area contributed by atoms with Crippen molar-refractivity contribution in [3.8, 4) is 0 Å². The molecule has 0 N–H and O–H groups in total. The van der Waals surface area contributed by atoms with Crippen LogP contribution >= 0.6 is 0 Å². The Morgan fingerprint density at radius 3 is 2.17 bits per heavy atom. The molecule has 1 aromatic rings. The standard InChI is InChI=1S/C14H19NO3/c1-4-15(5-2)14(17)18-13(11(3)16)12-9-7-6-8-10-12/h6-10,13H,4-5H2,1-3H3. The van der Waals surface area contributed by atoms with Gasteiger partial charge in [0.25, 0.3) is 0 Å². The Morgan fingerprint density at radius 2 is 1.72 bits per heavy atom. The third-order valence-electron chi connectivity index (χ3n) is 2.71. The third kappa shape index (κ3) is 3.58. The first kappa shape index (κ1) is 14.2. The van der Waals surface area contributed by atoms with E-state index in [0.29, 0.717) is 18.7 Å². The highest BCUT2D eigenvalue weighted by atomic mass is 16.6. The van der Waals surface area contributed by atoms with Crippen molar-refractivity contribution in [2.45, 2.75) is 26.9 Å². The summed E-state index contributed by atoms with van der Waals surface area (Å²) in [4.78, 5) is 25.0. The van der Waals surface area contributed by atoms with Crippen molar-refractivity contribution in [1.82, 2.24) is 4.90 Å². The number of carbonyl (C=O) groups is 2. The highest BCUT2D eigenvalue weighted by molar-refractivity contribution is 5.84. The van der Waals surface area contributed by atoms with Gasteiger partial charge in [-0.3, -0.25) is 4.79 Å². The summed E-state index contributed by atoms with van der Waals surface area (Å²) in [5.74, 6) is -0.179. The van der Waals surface area contributed by atoms with Gasteiger partial charge in [0.1, 0.15) is 0 Å². The first-order valence-corrected chi connectivity index (χ1v) is 6.11. The van der Waals surface area contributed by atoms with Crippen LogP contribution in [0.25, 0.3) is 0 Å². The molecule has 1 aromatic carbocycles. The predicted octanol–water partition coefficient (Wildman–Crippen LogP) is 2.80. The largest absolute Gasteiger partial charge is 0.433 e. The van der Waals surface area contributed by atoms with Crippen molar-refractivity contribution >= 4 is 11.9 Å². The summed E-state index contributed by atoms with van der Waals surface area (Å²) < 4.78 is 5.28. The minimum Gasteiger partial charge on any atom is -0.433 e. The molecule has 1 rings (SSSR count).